The molecule has 3 aromatic carbocycles. The lowest BCUT2D eigenvalue weighted by atomic mass is 10.0. The third-order valence-corrected chi connectivity index (χ3v) is 4.70. The Morgan fingerprint density at radius 2 is 1.69 bits per heavy atom. The zero-order valence-electron chi connectivity index (χ0n) is 15.7. The van der Waals surface area contributed by atoms with Crippen molar-refractivity contribution in [2.24, 2.45) is 0 Å². The summed E-state index contributed by atoms with van der Waals surface area (Å²) < 4.78 is 0. The molecule has 0 spiro atoms. The van der Waals surface area contributed by atoms with Crippen LogP contribution < -0.4 is 4.90 Å². The van der Waals surface area contributed by atoms with Crippen molar-refractivity contribution in [3.05, 3.63) is 76.9 Å². The molecule has 26 heavy (non-hydrogen) atoms. The number of Topliss-reactive ketones (excluding diaryl/α,β-unsaturated/α-hetero) is 1. The first-order chi connectivity index (χ1) is 12.6. The fourth-order valence-corrected chi connectivity index (χ4v) is 3.46. The molecule has 0 saturated carbocycles. The second-order valence-electron chi connectivity index (χ2n) is 6.27. The van der Waals surface area contributed by atoms with Crippen LogP contribution in [-0.4, -0.2) is 11.7 Å². The first kappa shape index (κ1) is 17.9. The lowest BCUT2D eigenvalue weighted by molar-refractivity contribution is 0.0992. The molecule has 0 saturated heterocycles. The van der Waals surface area contributed by atoms with Gasteiger partial charge in [-0.05, 0) is 48.6 Å². The van der Waals surface area contributed by atoms with Gasteiger partial charge >= 0.3 is 0 Å². The second-order valence-corrected chi connectivity index (χ2v) is 6.27. The van der Waals surface area contributed by atoms with E-state index in [9.17, 15) is 9.59 Å². The summed E-state index contributed by atoms with van der Waals surface area (Å²) in [6.07, 6.45) is 0. The van der Waals surface area contributed by atoms with Gasteiger partial charge in [0.2, 0.25) is 0 Å². The summed E-state index contributed by atoms with van der Waals surface area (Å²) in [7, 11) is 0. The Morgan fingerprint density at radius 3 is 2.38 bits per heavy atom. The molecule has 1 heterocycles. The first-order valence-electron chi connectivity index (χ1n) is 9.00. The summed E-state index contributed by atoms with van der Waals surface area (Å²) >= 11 is 0. The highest BCUT2D eigenvalue weighted by Gasteiger charge is 2.30. The van der Waals surface area contributed by atoms with Gasteiger partial charge in [0.15, 0.2) is 5.78 Å². The van der Waals surface area contributed by atoms with Gasteiger partial charge in [0.25, 0.3) is 5.91 Å². The number of nitrogens with zero attached hydrogens (tertiary/aromatic N) is 1. The van der Waals surface area contributed by atoms with Crippen molar-refractivity contribution in [3.63, 3.8) is 0 Å². The molecule has 0 radical (unpaired) electrons. The molecule has 3 aromatic rings. The van der Waals surface area contributed by atoms with Crippen LogP contribution in [0.15, 0.2) is 54.6 Å². The maximum atomic E-state index is 12.9. The fourth-order valence-electron chi connectivity index (χ4n) is 3.46. The van der Waals surface area contributed by atoms with Gasteiger partial charge in [0.1, 0.15) is 0 Å². The number of fused-ring (bicyclic) bond motifs is 2. The molecule has 1 amide bonds. The van der Waals surface area contributed by atoms with Crippen molar-refractivity contribution < 1.29 is 9.59 Å². The van der Waals surface area contributed by atoms with Gasteiger partial charge in [-0.25, -0.2) is 0 Å². The lowest BCUT2D eigenvalue weighted by Gasteiger charge is -2.19. The zero-order chi connectivity index (χ0) is 18.8. The van der Waals surface area contributed by atoms with E-state index in [1.165, 1.54) is 0 Å². The normalized spacial score (nSPS) is 12.6. The van der Waals surface area contributed by atoms with Gasteiger partial charge in [0.05, 0.1) is 12.2 Å². The van der Waals surface area contributed by atoms with E-state index < -0.39 is 0 Å². The van der Waals surface area contributed by atoms with Crippen molar-refractivity contribution in [1.82, 2.24) is 0 Å². The van der Waals surface area contributed by atoms with Gasteiger partial charge in [0, 0.05) is 16.5 Å². The molecule has 1 aliphatic rings. The van der Waals surface area contributed by atoms with Crippen molar-refractivity contribution in [2.45, 2.75) is 34.2 Å². The molecule has 3 nitrogen and oxygen atoms in total. The molecule has 0 fully saturated rings. The number of aryl methyl sites for hydroxylation is 1. The van der Waals surface area contributed by atoms with Crippen LogP contribution in [0.1, 0.15) is 52.6 Å². The Balaban J connectivity index is 0.000000948. The molecule has 0 unspecified atom stereocenters. The number of benzene rings is 3. The van der Waals surface area contributed by atoms with Crippen LogP contribution >= 0.6 is 0 Å². The van der Waals surface area contributed by atoms with Crippen LogP contribution in [-0.2, 0) is 6.54 Å². The number of ketones is 1. The monoisotopic (exact) mass is 345 g/mol. The zero-order valence-corrected chi connectivity index (χ0v) is 15.7. The maximum Gasteiger partial charge on any atom is 0.258 e. The number of hydrogen-bond acceptors (Lipinski definition) is 2. The Hall–Kier alpha value is -2.94. The van der Waals surface area contributed by atoms with Crippen molar-refractivity contribution in [2.75, 3.05) is 4.90 Å². The fraction of sp³-hybridized carbons (Fsp3) is 0.217. The van der Waals surface area contributed by atoms with E-state index in [4.69, 9.17) is 0 Å². The van der Waals surface area contributed by atoms with Gasteiger partial charge in [-0.1, -0.05) is 50.2 Å². The summed E-state index contributed by atoms with van der Waals surface area (Å²) in [5, 5.41) is 2.23. The smallest absolute Gasteiger partial charge is 0.258 e. The van der Waals surface area contributed by atoms with Crippen LogP contribution in [0.25, 0.3) is 10.8 Å². The van der Waals surface area contributed by atoms with Crippen molar-refractivity contribution in [1.29, 1.82) is 0 Å². The summed E-state index contributed by atoms with van der Waals surface area (Å²) in [5.74, 6) is 0.0144. The molecule has 0 aromatic heterocycles. The quantitative estimate of drug-likeness (QED) is 0.572. The largest absolute Gasteiger partial charge is 0.303 e. The number of carbonyl (C=O) groups excluding carboxylic acids is 2. The standard InChI is InChI=1S/C21H17NO2.C2H6/c1-13-5-3-6-15-7-4-8-19(20(13)15)22-12-17-11-16(14(2)23)9-10-18(17)21(22)24;1-2/h3-11H,12H2,1-2H3;1-2H3. The topological polar surface area (TPSA) is 37.4 Å². The molecule has 0 atom stereocenters. The third kappa shape index (κ3) is 2.90. The minimum atomic E-state index is -0.00384. The van der Waals surface area contributed by atoms with E-state index in [1.54, 1.807) is 19.1 Å². The van der Waals surface area contributed by atoms with Crippen LogP contribution in [0.4, 0.5) is 5.69 Å². The second kappa shape index (κ2) is 7.12. The summed E-state index contributed by atoms with van der Waals surface area (Å²) in [4.78, 5) is 26.3. The summed E-state index contributed by atoms with van der Waals surface area (Å²) in [5.41, 5.74) is 4.33. The minimum absolute atomic E-state index is 0.00384. The Bertz CT molecular complexity index is 999. The molecular formula is C23H23NO2. The van der Waals surface area contributed by atoms with Crippen molar-refractivity contribution >= 4 is 28.2 Å². The van der Waals surface area contributed by atoms with Gasteiger partial charge in [-0.15, -0.1) is 0 Å². The Labute approximate surface area is 154 Å². The highest BCUT2D eigenvalue weighted by atomic mass is 16.2. The molecule has 0 N–H and O–H groups in total. The number of anilines is 1. The van der Waals surface area contributed by atoms with E-state index in [-0.39, 0.29) is 11.7 Å². The minimum Gasteiger partial charge on any atom is -0.303 e. The van der Waals surface area contributed by atoms with E-state index in [0.29, 0.717) is 17.7 Å². The summed E-state index contributed by atoms with van der Waals surface area (Å²) in [6, 6.07) is 17.5. The highest BCUT2D eigenvalue weighted by Crippen LogP contribution is 2.35. The third-order valence-electron chi connectivity index (χ3n) is 4.70. The SMILES string of the molecule is CC.CC(=O)c1ccc2c(c1)CN(c1cccc3cccc(C)c13)C2=O. The summed E-state index contributed by atoms with van der Waals surface area (Å²) in [6.45, 7) is 8.11. The lowest BCUT2D eigenvalue weighted by Crippen LogP contribution is -2.23. The predicted octanol–water partition coefficient (Wildman–Crippen LogP) is 5.54. The number of carbonyl (C=O) groups is 2. The molecule has 1 aliphatic heterocycles. The molecular weight excluding hydrogens is 322 g/mol. The highest BCUT2D eigenvalue weighted by molar-refractivity contribution is 6.14. The Kier molecular flexibility index (Phi) is 4.90. The van der Waals surface area contributed by atoms with Gasteiger partial charge in [-0.2, -0.15) is 0 Å². The average Bonchev–Trinajstić information content (AvgIpc) is 2.99. The number of rotatable bonds is 2. The van der Waals surface area contributed by atoms with Crippen LogP contribution in [0.5, 0.6) is 0 Å². The number of amides is 1. The molecule has 3 heteroatoms. The van der Waals surface area contributed by atoms with E-state index >= 15 is 0 Å². The van der Waals surface area contributed by atoms with Crippen LogP contribution in [0, 0.1) is 6.92 Å². The van der Waals surface area contributed by atoms with E-state index in [0.717, 1.165) is 27.6 Å². The van der Waals surface area contributed by atoms with Crippen LogP contribution in [0.2, 0.25) is 0 Å². The molecule has 4 rings (SSSR count). The van der Waals surface area contributed by atoms with E-state index in [2.05, 4.69) is 25.1 Å². The van der Waals surface area contributed by atoms with E-state index in [1.807, 2.05) is 43.0 Å². The van der Waals surface area contributed by atoms with Crippen LogP contribution in [0.3, 0.4) is 0 Å². The van der Waals surface area contributed by atoms with Gasteiger partial charge < -0.3 is 4.90 Å². The maximum absolute atomic E-state index is 12.9. The molecule has 0 aliphatic carbocycles. The average molecular weight is 345 g/mol. The predicted molar refractivity (Wildman–Crippen MR) is 107 cm³/mol. The first-order valence-corrected chi connectivity index (χ1v) is 9.00. The molecule has 0 bridgehead atoms. The Morgan fingerprint density at radius 1 is 1.00 bits per heavy atom. The van der Waals surface area contributed by atoms with Gasteiger partial charge in [-0.3, -0.25) is 9.59 Å². The van der Waals surface area contributed by atoms with Crippen molar-refractivity contribution in [3.8, 4) is 0 Å². The molecule has 132 valence electrons. The number of hydrogen-bond donors (Lipinski definition) is 0.